The number of thiophene rings is 1. The average Bonchev–Trinajstić information content (AvgIpc) is 2.88. The summed E-state index contributed by atoms with van der Waals surface area (Å²) in [5.74, 6) is 0.590. The highest BCUT2D eigenvalue weighted by atomic mass is 32.1. The standard InChI is InChI=1S/C14H11N3OS/c1-10-16-13-12(7-8-19-13)14(18)17(10)15-9-11-5-3-2-4-6-11/h2-9H,1H3/b15-9-. The molecule has 1 aromatic carbocycles. The molecule has 0 aliphatic heterocycles. The van der Waals surface area contributed by atoms with E-state index in [2.05, 4.69) is 10.1 Å². The van der Waals surface area contributed by atoms with Crippen LogP contribution in [-0.2, 0) is 0 Å². The summed E-state index contributed by atoms with van der Waals surface area (Å²) in [6.45, 7) is 1.78. The fraction of sp³-hybridized carbons (Fsp3) is 0.0714. The van der Waals surface area contributed by atoms with Gasteiger partial charge in [0, 0.05) is 0 Å². The van der Waals surface area contributed by atoms with E-state index in [0.717, 1.165) is 10.4 Å². The Kier molecular flexibility index (Phi) is 2.97. The molecule has 3 aromatic rings. The van der Waals surface area contributed by atoms with E-state index in [0.29, 0.717) is 11.2 Å². The molecular weight excluding hydrogens is 258 g/mol. The molecule has 2 heterocycles. The Hall–Kier alpha value is -2.27. The molecule has 0 aliphatic carbocycles. The molecule has 2 aromatic heterocycles. The van der Waals surface area contributed by atoms with Gasteiger partial charge in [0.05, 0.1) is 11.6 Å². The van der Waals surface area contributed by atoms with E-state index >= 15 is 0 Å². The minimum absolute atomic E-state index is 0.129. The van der Waals surface area contributed by atoms with Gasteiger partial charge in [0.25, 0.3) is 5.56 Å². The van der Waals surface area contributed by atoms with Crippen molar-refractivity contribution in [3.05, 3.63) is 63.5 Å². The van der Waals surface area contributed by atoms with Crippen LogP contribution in [-0.4, -0.2) is 15.9 Å². The number of hydrogen-bond acceptors (Lipinski definition) is 4. The summed E-state index contributed by atoms with van der Waals surface area (Å²) in [7, 11) is 0. The molecule has 0 amide bonds. The molecule has 0 atom stereocenters. The number of rotatable bonds is 2. The molecule has 5 heteroatoms. The Balaban J connectivity index is 2.10. The normalized spacial score (nSPS) is 11.4. The van der Waals surface area contributed by atoms with Gasteiger partial charge in [-0.25, -0.2) is 4.98 Å². The van der Waals surface area contributed by atoms with Gasteiger partial charge in [-0.3, -0.25) is 4.79 Å². The van der Waals surface area contributed by atoms with E-state index in [1.807, 2.05) is 35.7 Å². The van der Waals surface area contributed by atoms with Crippen molar-refractivity contribution in [1.29, 1.82) is 0 Å². The van der Waals surface area contributed by atoms with Gasteiger partial charge >= 0.3 is 0 Å². The van der Waals surface area contributed by atoms with Crippen LogP contribution in [0.5, 0.6) is 0 Å². The van der Waals surface area contributed by atoms with Crippen molar-refractivity contribution in [3.63, 3.8) is 0 Å². The zero-order valence-electron chi connectivity index (χ0n) is 10.3. The number of fused-ring (bicyclic) bond motifs is 1. The van der Waals surface area contributed by atoms with Gasteiger partial charge < -0.3 is 0 Å². The minimum atomic E-state index is -0.129. The molecule has 3 rings (SSSR count). The van der Waals surface area contributed by atoms with Gasteiger partial charge in [-0.2, -0.15) is 9.78 Å². The number of hydrogen-bond donors (Lipinski definition) is 0. The zero-order chi connectivity index (χ0) is 13.2. The van der Waals surface area contributed by atoms with E-state index in [4.69, 9.17) is 0 Å². The maximum absolute atomic E-state index is 12.2. The molecule has 0 N–H and O–H groups in total. The monoisotopic (exact) mass is 269 g/mol. The Morgan fingerprint density at radius 2 is 2.05 bits per heavy atom. The molecular formula is C14H11N3OS. The van der Waals surface area contributed by atoms with Crippen molar-refractivity contribution < 1.29 is 0 Å². The zero-order valence-corrected chi connectivity index (χ0v) is 11.1. The number of aromatic nitrogens is 2. The molecule has 0 radical (unpaired) electrons. The Labute approximate surface area is 113 Å². The maximum atomic E-state index is 12.2. The molecule has 19 heavy (non-hydrogen) atoms. The van der Waals surface area contributed by atoms with Gasteiger partial charge in [-0.05, 0) is 23.9 Å². The first kappa shape index (κ1) is 11.8. The highest BCUT2D eigenvalue weighted by Crippen LogP contribution is 2.14. The number of nitrogens with zero attached hydrogens (tertiary/aromatic N) is 3. The van der Waals surface area contributed by atoms with Crippen LogP contribution >= 0.6 is 11.3 Å². The molecule has 0 saturated heterocycles. The first-order valence-corrected chi connectivity index (χ1v) is 6.70. The van der Waals surface area contributed by atoms with Gasteiger partial charge in [0.1, 0.15) is 10.7 Å². The predicted molar refractivity (Wildman–Crippen MR) is 78.1 cm³/mol. The van der Waals surface area contributed by atoms with Crippen LogP contribution < -0.4 is 5.56 Å². The second kappa shape index (κ2) is 4.78. The van der Waals surface area contributed by atoms with Crippen molar-refractivity contribution in [3.8, 4) is 0 Å². The highest BCUT2D eigenvalue weighted by Gasteiger charge is 2.07. The lowest BCUT2D eigenvalue weighted by molar-refractivity contribution is 0.772. The Bertz CT molecular complexity index is 802. The Morgan fingerprint density at radius 1 is 1.26 bits per heavy atom. The fourth-order valence-corrected chi connectivity index (χ4v) is 2.61. The molecule has 0 fully saturated rings. The second-order valence-corrected chi connectivity index (χ2v) is 4.97. The summed E-state index contributed by atoms with van der Waals surface area (Å²) in [5, 5.41) is 6.70. The largest absolute Gasteiger partial charge is 0.282 e. The topological polar surface area (TPSA) is 47.2 Å². The number of benzene rings is 1. The van der Waals surface area contributed by atoms with Crippen molar-refractivity contribution in [1.82, 2.24) is 9.66 Å². The van der Waals surface area contributed by atoms with Gasteiger partial charge in [-0.15, -0.1) is 11.3 Å². The van der Waals surface area contributed by atoms with Crippen molar-refractivity contribution in [2.24, 2.45) is 5.10 Å². The quantitative estimate of drug-likeness (QED) is 0.671. The summed E-state index contributed by atoms with van der Waals surface area (Å²) >= 11 is 1.46. The summed E-state index contributed by atoms with van der Waals surface area (Å²) in [6, 6.07) is 11.4. The van der Waals surface area contributed by atoms with Crippen LogP contribution in [0.3, 0.4) is 0 Å². The second-order valence-electron chi connectivity index (χ2n) is 4.07. The summed E-state index contributed by atoms with van der Waals surface area (Å²) in [5.41, 5.74) is 0.815. The smallest absolute Gasteiger partial charge is 0.267 e. The van der Waals surface area contributed by atoms with Crippen LogP contribution in [0.4, 0.5) is 0 Å². The SMILES string of the molecule is Cc1nc2sccc2c(=O)n1/N=C\c1ccccc1. The van der Waals surface area contributed by atoms with Crippen LogP contribution in [0.1, 0.15) is 11.4 Å². The van der Waals surface area contributed by atoms with E-state index < -0.39 is 0 Å². The van der Waals surface area contributed by atoms with Crippen LogP contribution in [0.25, 0.3) is 10.2 Å². The molecule has 94 valence electrons. The summed E-state index contributed by atoms with van der Waals surface area (Å²) < 4.78 is 1.34. The van der Waals surface area contributed by atoms with Gasteiger partial charge in [0.2, 0.25) is 0 Å². The lowest BCUT2D eigenvalue weighted by Crippen LogP contribution is -2.19. The molecule has 0 bridgehead atoms. The molecule has 0 spiro atoms. The molecule has 0 aliphatic rings. The minimum Gasteiger partial charge on any atom is -0.267 e. The van der Waals surface area contributed by atoms with E-state index in [-0.39, 0.29) is 5.56 Å². The molecule has 0 unspecified atom stereocenters. The maximum Gasteiger partial charge on any atom is 0.282 e. The third kappa shape index (κ3) is 2.20. The third-order valence-corrected chi connectivity index (χ3v) is 3.57. The van der Waals surface area contributed by atoms with Crippen molar-refractivity contribution in [2.45, 2.75) is 6.92 Å². The van der Waals surface area contributed by atoms with Crippen molar-refractivity contribution >= 4 is 27.8 Å². The van der Waals surface area contributed by atoms with Gasteiger partial charge in [-0.1, -0.05) is 30.3 Å². The summed E-state index contributed by atoms with van der Waals surface area (Å²) in [6.07, 6.45) is 1.66. The predicted octanol–water partition coefficient (Wildman–Crippen LogP) is 2.65. The van der Waals surface area contributed by atoms with E-state index in [9.17, 15) is 4.79 Å². The average molecular weight is 269 g/mol. The molecule has 0 saturated carbocycles. The van der Waals surface area contributed by atoms with E-state index in [1.165, 1.54) is 16.0 Å². The van der Waals surface area contributed by atoms with Crippen molar-refractivity contribution in [2.75, 3.05) is 0 Å². The number of aryl methyl sites for hydroxylation is 1. The van der Waals surface area contributed by atoms with Crippen LogP contribution in [0, 0.1) is 6.92 Å². The van der Waals surface area contributed by atoms with Crippen LogP contribution in [0.15, 0.2) is 51.7 Å². The molecule has 4 nitrogen and oxygen atoms in total. The highest BCUT2D eigenvalue weighted by molar-refractivity contribution is 7.16. The first-order valence-electron chi connectivity index (χ1n) is 5.82. The van der Waals surface area contributed by atoms with Crippen LogP contribution in [0.2, 0.25) is 0 Å². The summed E-state index contributed by atoms with van der Waals surface area (Å²) in [4.78, 5) is 17.4. The fourth-order valence-electron chi connectivity index (χ4n) is 1.81. The first-order chi connectivity index (χ1) is 9.25. The lowest BCUT2D eigenvalue weighted by atomic mass is 10.2. The lowest BCUT2D eigenvalue weighted by Gasteiger charge is -2.02. The van der Waals surface area contributed by atoms with Gasteiger partial charge in [0.15, 0.2) is 0 Å². The third-order valence-electron chi connectivity index (χ3n) is 2.76. The Morgan fingerprint density at radius 3 is 2.84 bits per heavy atom. The van der Waals surface area contributed by atoms with E-state index in [1.54, 1.807) is 19.2 Å².